The molecule has 0 unspecified atom stereocenters. The van der Waals surface area contributed by atoms with Crippen molar-refractivity contribution in [1.82, 2.24) is 14.9 Å². The number of H-pyrrole nitrogens is 1. The van der Waals surface area contributed by atoms with E-state index in [1.165, 1.54) is 0 Å². The maximum absolute atomic E-state index is 12.3. The third-order valence-corrected chi connectivity index (χ3v) is 4.67. The van der Waals surface area contributed by atoms with Gasteiger partial charge >= 0.3 is 0 Å². The summed E-state index contributed by atoms with van der Waals surface area (Å²) in [7, 11) is 1.63. The van der Waals surface area contributed by atoms with Gasteiger partial charge in [-0.15, -0.1) is 0 Å². The minimum absolute atomic E-state index is 0.0397. The van der Waals surface area contributed by atoms with Crippen LogP contribution in [0.3, 0.4) is 0 Å². The summed E-state index contributed by atoms with van der Waals surface area (Å²) in [6, 6.07) is 9.72. The number of aromatic amines is 1. The number of ether oxygens (including phenoxy) is 2. The van der Waals surface area contributed by atoms with Crippen molar-refractivity contribution in [2.75, 3.05) is 45.3 Å². The quantitative estimate of drug-likeness (QED) is 0.725. The minimum atomic E-state index is -0.0397. The number of amides is 1. The Balaban J connectivity index is 1.51. The summed E-state index contributed by atoms with van der Waals surface area (Å²) >= 11 is 0. The Hall–Kier alpha value is -2.90. The van der Waals surface area contributed by atoms with Crippen LogP contribution in [0.4, 0.5) is 5.69 Å². The zero-order chi connectivity index (χ0) is 18.6. The van der Waals surface area contributed by atoms with Crippen LogP contribution in [-0.2, 0) is 9.53 Å². The number of anilines is 1. The van der Waals surface area contributed by atoms with Gasteiger partial charge in [0.1, 0.15) is 11.4 Å². The number of nitrogens with one attached hydrogen (secondary N) is 2. The van der Waals surface area contributed by atoms with Crippen LogP contribution in [0.25, 0.3) is 22.2 Å². The molecule has 7 heteroatoms. The summed E-state index contributed by atoms with van der Waals surface area (Å²) in [5.74, 6) is 0.651. The predicted octanol–water partition coefficient (Wildman–Crippen LogP) is 2.51. The van der Waals surface area contributed by atoms with Crippen molar-refractivity contribution in [3.05, 3.63) is 42.7 Å². The number of methoxy groups -OCH3 is 1. The second-order valence-corrected chi connectivity index (χ2v) is 6.49. The van der Waals surface area contributed by atoms with E-state index in [2.05, 4.69) is 26.3 Å². The van der Waals surface area contributed by atoms with Gasteiger partial charge in [-0.3, -0.25) is 9.69 Å². The summed E-state index contributed by atoms with van der Waals surface area (Å²) < 4.78 is 10.9. The Morgan fingerprint density at radius 2 is 2.15 bits per heavy atom. The normalized spacial score (nSPS) is 15.0. The third kappa shape index (κ3) is 3.94. The standard InChI is InChI=1S/C20H22N4O3/c1-26-18-11-16(23-19(25)13-24-6-8-27-9-7-24)2-3-17(18)15-10-14-4-5-21-20(14)22-12-15/h2-5,10-12H,6-9,13H2,1H3,(H,21,22)(H,23,25). The topological polar surface area (TPSA) is 79.5 Å². The largest absolute Gasteiger partial charge is 0.496 e. The van der Waals surface area contributed by atoms with Gasteiger partial charge in [0.25, 0.3) is 0 Å². The van der Waals surface area contributed by atoms with Crippen LogP contribution in [0.15, 0.2) is 42.7 Å². The Labute approximate surface area is 157 Å². The molecule has 0 radical (unpaired) electrons. The zero-order valence-corrected chi connectivity index (χ0v) is 15.2. The van der Waals surface area contributed by atoms with Gasteiger partial charge in [-0.05, 0) is 24.3 Å². The van der Waals surface area contributed by atoms with E-state index in [1.54, 1.807) is 7.11 Å². The smallest absolute Gasteiger partial charge is 0.238 e. The molecule has 1 aliphatic rings. The first kappa shape index (κ1) is 17.5. The van der Waals surface area contributed by atoms with E-state index in [1.807, 2.05) is 36.7 Å². The highest BCUT2D eigenvalue weighted by Gasteiger charge is 2.15. The van der Waals surface area contributed by atoms with Crippen LogP contribution in [-0.4, -0.2) is 60.7 Å². The SMILES string of the molecule is COc1cc(NC(=O)CN2CCOCC2)ccc1-c1cnc2[nH]ccc2c1. The van der Waals surface area contributed by atoms with Crippen LogP contribution >= 0.6 is 0 Å². The number of pyridine rings is 1. The van der Waals surface area contributed by atoms with E-state index in [9.17, 15) is 4.79 Å². The van der Waals surface area contributed by atoms with Gasteiger partial charge in [0, 0.05) is 53.8 Å². The van der Waals surface area contributed by atoms with E-state index in [4.69, 9.17) is 9.47 Å². The van der Waals surface area contributed by atoms with E-state index in [0.29, 0.717) is 31.2 Å². The molecule has 2 aromatic heterocycles. The van der Waals surface area contributed by atoms with Gasteiger partial charge in [-0.25, -0.2) is 4.98 Å². The van der Waals surface area contributed by atoms with Crippen molar-refractivity contribution in [3.63, 3.8) is 0 Å². The van der Waals surface area contributed by atoms with Crippen LogP contribution in [0.2, 0.25) is 0 Å². The fourth-order valence-corrected chi connectivity index (χ4v) is 3.26. The second-order valence-electron chi connectivity index (χ2n) is 6.49. The number of hydrogen-bond acceptors (Lipinski definition) is 5. The first-order valence-electron chi connectivity index (χ1n) is 8.94. The molecule has 1 fully saturated rings. The summed E-state index contributed by atoms with van der Waals surface area (Å²) in [6.07, 6.45) is 3.68. The molecule has 27 heavy (non-hydrogen) atoms. The molecule has 0 bridgehead atoms. The van der Waals surface area contributed by atoms with Crippen molar-refractivity contribution < 1.29 is 14.3 Å². The number of rotatable bonds is 5. The second kappa shape index (κ2) is 7.77. The molecular weight excluding hydrogens is 344 g/mol. The number of morpholine rings is 1. The molecule has 1 amide bonds. The van der Waals surface area contributed by atoms with Crippen LogP contribution in [0.5, 0.6) is 5.75 Å². The van der Waals surface area contributed by atoms with E-state index in [0.717, 1.165) is 35.2 Å². The maximum atomic E-state index is 12.3. The van der Waals surface area contributed by atoms with Gasteiger partial charge in [0.05, 0.1) is 26.9 Å². The van der Waals surface area contributed by atoms with Gasteiger partial charge in [0.15, 0.2) is 0 Å². The fourth-order valence-electron chi connectivity index (χ4n) is 3.26. The van der Waals surface area contributed by atoms with E-state index in [-0.39, 0.29) is 5.91 Å². The third-order valence-electron chi connectivity index (χ3n) is 4.67. The number of nitrogens with zero attached hydrogens (tertiary/aromatic N) is 2. The number of carbonyl (C=O) groups is 1. The van der Waals surface area contributed by atoms with Gasteiger partial charge < -0.3 is 19.8 Å². The number of fused-ring (bicyclic) bond motifs is 1. The van der Waals surface area contributed by atoms with Crippen molar-refractivity contribution in [2.24, 2.45) is 0 Å². The minimum Gasteiger partial charge on any atom is -0.496 e. The summed E-state index contributed by atoms with van der Waals surface area (Å²) in [6.45, 7) is 3.28. The van der Waals surface area contributed by atoms with Crippen molar-refractivity contribution >= 4 is 22.6 Å². The van der Waals surface area contributed by atoms with E-state index < -0.39 is 0 Å². The molecule has 1 saturated heterocycles. The lowest BCUT2D eigenvalue weighted by Crippen LogP contribution is -2.41. The first-order valence-corrected chi connectivity index (χ1v) is 8.94. The fraction of sp³-hybridized carbons (Fsp3) is 0.300. The molecule has 1 aromatic carbocycles. The molecule has 3 aromatic rings. The lowest BCUT2D eigenvalue weighted by Gasteiger charge is -2.25. The first-order chi connectivity index (χ1) is 13.2. The highest BCUT2D eigenvalue weighted by atomic mass is 16.5. The molecule has 0 spiro atoms. The Morgan fingerprint density at radius 1 is 1.30 bits per heavy atom. The Morgan fingerprint density at radius 3 is 2.96 bits per heavy atom. The Bertz CT molecular complexity index is 947. The van der Waals surface area contributed by atoms with Gasteiger partial charge in [-0.1, -0.05) is 0 Å². The summed E-state index contributed by atoms with van der Waals surface area (Å²) in [5, 5.41) is 3.99. The molecule has 0 atom stereocenters. The summed E-state index contributed by atoms with van der Waals surface area (Å²) in [4.78, 5) is 21.9. The molecule has 3 heterocycles. The van der Waals surface area contributed by atoms with Crippen molar-refractivity contribution in [1.29, 1.82) is 0 Å². The van der Waals surface area contributed by atoms with Crippen molar-refractivity contribution in [3.8, 4) is 16.9 Å². The molecule has 7 nitrogen and oxygen atoms in total. The van der Waals surface area contributed by atoms with E-state index >= 15 is 0 Å². The average Bonchev–Trinajstić information content (AvgIpc) is 3.16. The zero-order valence-electron chi connectivity index (χ0n) is 15.2. The molecule has 4 rings (SSSR count). The van der Waals surface area contributed by atoms with Crippen molar-refractivity contribution in [2.45, 2.75) is 0 Å². The number of aromatic nitrogens is 2. The lowest BCUT2D eigenvalue weighted by molar-refractivity contribution is -0.118. The number of benzene rings is 1. The average molecular weight is 366 g/mol. The molecule has 0 aliphatic carbocycles. The molecule has 0 saturated carbocycles. The van der Waals surface area contributed by atoms with Crippen LogP contribution in [0.1, 0.15) is 0 Å². The Kier molecular flexibility index (Phi) is 5.04. The van der Waals surface area contributed by atoms with Gasteiger partial charge in [0.2, 0.25) is 5.91 Å². The molecule has 1 aliphatic heterocycles. The number of carbonyl (C=O) groups excluding carboxylic acids is 1. The highest BCUT2D eigenvalue weighted by Crippen LogP contribution is 2.33. The highest BCUT2D eigenvalue weighted by molar-refractivity contribution is 5.93. The monoisotopic (exact) mass is 366 g/mol. The van der Waals surface area contributed by atoms with Gasteiger partial charge in [-0.2, -0.15) is 0 Å². The molecular formula is C20H22N4O3. The summed E-state index contributed by atoms with van der Waals surface area (Å²) in [5.41, 5.74) is 3.46. The predicted molar refractivity (Wildman–Crippen MR) is 104 cm³/mol. The molecule has 2 N–H and O–H groups in total. The van der Waals surface area contributed by atoms with Crippen LogP contribution in [0, 0.1) is 0 Å². The molecule has 140 valence electrons. The maximum Gasteiger partial charge on any atom is 0.238 e. The van der Waals surface area contributed by atoms with Crippen LogP contribution < -0.4 is 10.1 Å². The number of hydrogen-bond donors (Lipinski definition) is 2. The lowest BCUT2D eigenvalue weighted by atomic mass is 10.0.